The predicted molar refractivity (Wildman–Crippen MR) is 64.3 cm³/mol. The fourth-order valence-corrected chi connectivity index (χ4v) is 1.58. The number of carbonyl (C=O) groups is 1. The molecular formula is C12H13ClO3. The molecule has 0 saturated carbocycles. The van der Waals surface area contributed by atoms with Crippen LogP contribution in [0.15, 0.2) is 17.7 Å². The number of rotatable bonds is 4. The molecule has 16 heavy (non-hydrogen) atoms. The van der Waals surface area contributed by atoms with E-state index in [2.05, 4.69) is 0 Å². The summed E-state index contributed by atoms with van der Waals surface area (Å²) in [4.78, 5) is 10.5. The summed E-state index contributed by atoms with van der Waals surface area (Å²) in [5, 5.41) is 0.433. The number of aldehydes is 1. The third-order valence-corrected chi connectivity index (χ3v) is 2.47. The molecule has 0 fully saturated rings. The van der Waals surface area contributed by atoms with Crippen LogP contribution in [0.5, 0.6) is 11.5 Å². The summed E-state index contributed by atoms with van der Waals surface area (Å²) < 4.78 is 10.3. The number of allylic oxidation sites excluding steroid dienone is 1. The van der Waals surface area contributed by atoms with Gasteiger partial charge in [-0.2, -0.15) is 0 Å². The molecule has 0 radical (unpaired) electrons. The van der Waals surface area contributed by atoms with Gasteiger partial charge in [0.05, 0.1) is 19.2 Å². The lowest BCUT2D eigenvalue weighted by Crippen LogP contribution is -1.93. The lowest BCUT2D eigenvalue weighted by molar-refractivity contribution is -0.104. The largest absolute Gasteiger partial charge is 0.493 e. The Morgan fingerprint density at radius 2 is 2.00 bits per heavy atom. The van der Waals surface area contributed by atoms with Crippen LogP contribution in [0.25, 0.3) is 6.08 Å². The quantitative estimate of drug-likeness (QED) is 0.600. The first-order valence-electron chi connectivity index (χ1n) is 4.68. The Balaban J connectivity index is 3.29. The van der Waals surface area contributed by atoms with E-state index in [1.807, 2.05) is 0 Å². The van der Waals surface area contributed by atoms with E-state index in [1.54, 1.807) is 32.2 Å². The van der Waals surface area contributed by atoms with E-state index >= 15 is 0 Å². The fraction of sp³-hybridized carbons (Fsp3) is 0.250. The number of benzene rings is 1. The van der Waals surface area contributed by atoms with Crippen LogP contribution in [0.1, 0.15) is 12.5 Å². The van der Waals surface area contributed by atoms with Crippen molar-refractivity contribution in [2.24, 2.45) is 0 Å². The molecule has 0 saturated heterocycles. The zero-order chi connectivity index (χ0) is 12.1. The highest BCUT2D eigenvalue weighted by Crippen LogP contribution is 2.37. The number of ether oxygens (including phenoxy) is 2. The molecule has 0 aliphatic carbocycles. The van der Waals surface area contributed by atoms with Gasteiger partial charge in [-0.05, 0) is 36.3 Å². The Bertz CT molecular complexity index is 425. The number of halogens is 1. The molecule has 0 atom stereocenters. The van der Waals surface area contributed by atoms with Crippen LogP contribution in [0, 0.1) is 0 Å². The highest BCUT2D eigenvalue weighted by molar-refractivity contribution is 6.33. The minimum Gasteiger partial charge on any atom is -0.493 e. The molecule has 0 aliphatic heterocycles. The van der Waals surface area contributed by atoms with Crippen molar-refractivity contribution in [3.05, 3.63) is 28.3 Å². The Hall–Kier alpha value is -1.48. The van der Waals surface area contributed by atoms with Crippen molar-refractivity contribution in [3.8, 4) is 11.5 Å². The third-order valence-electron chi connectivity index (χ3n) is 2.08. The van der Waals surface area contributed by atoms with Gasteiger partial charge in [0.25, 0.3) is 0 Å². The number of carbonyl (C=O) groups excluding carboxylic acids is 1. The maximum absolute atomic E-state index is 10.5. The molecule has 86 valence electrons. The van der Waals surface area contributed by atoms with Crippen LogP contribution in [-0.4, -0.2) is 20.5 Å². The Labute approximate surface area is 99.6 Å². The summed E-state index contributed by atoms with van der Waals surface area (Å²) in [6.07, 6.45) is 2.46. The molecule has 1 aromatic carbocycles. The van der Waals surface area contributed by atoms with Crippen molar-refractivity contribution in [3.63, 3.8) is 0 Å². The van der Waals surface area contributed by atoms with Crippen molar-refractivity contribution in [2.45, 2.75) is 6.92 Å². The molecule has 0 aliphatic rings. The molecule has 4 heteroatoms. The molecule has 1 rings (SSSR count). The van der Waals surface area contributed by atoms with E-state index in [0.29, 0.717) is 22.1 Å². The SMILES string of the molecule is COc1ccc(C=C(C)C=O)c(Cl)c1OC. The van der Waals surface area contributed by atoms with Crippen LogP contribution in [0.3, 0.4) is 0 Å². The van der Waals surface area contributed by atoms with Crippen LogP contribution in [0.2, 0.25) is 5.02 Å². The molecule has 3 nitrogen and oxygen atoms in total. The lowest BCUT2D eigenvalue weighted by Gasteiger charge is -2.10. The molecule has 0 spiro atoms. The zero-order valence-corrected chi connectivity index (χ0v) is 10.2. The van der Waals surface area contributed by atoms with E-state index in [9.17, 15) is 4.79 Å². The van der Waals surface area contributed by atoms with Gasteiger partial charge in [0.2, 0.25) is 0 Å². The highest BCUT2D eigenvalue weighted by Gasteiger charge is 2.11. The van der Waals surface area contributed by atoms with Crippen molar-refractivity contribution in [2.75, 3.05) is 14.2 Å². The van der Waals surface area contributed by atoms with E-state index in [4.69, 9.17) is 21.1 Å². The summed E-state index contributed by atoms with van der Waals surface area (Å²) >= 11 is 6.13. The molecule has 0 unspecified atom stereocenters. The minimum absolute atomic E-state index is 0.433. The van der Waals surface area contributed by atoms with Gasteiger partial charge in [-0.1, -0.05) is 11.6 Å². The molecular weight excluding hydrogens is 228 g/mol. The number of hydrogen-bond donors (Lipinski definition) is 0. The zero-order valence-electron chi connectivity index (χ0n) is 9.41. The van der Waals surface area contributed by atoms with E-state index in [0.717, 1.165) is 11.8 Å². The minimum atomic E-state index is 0.433. The van der Waals surface area contributed by atoms with Crippen LogP contribution in [0.4, 0.5) is 0 Å². The molecule has 0 aromatic heterocycles. The van der Waals surface area contributed by atoms with E-state index in [1.165, 1.54) is 7.11 Å². The summed E-state index contributed by atoms with van der Waals surface area (Å²) in [5.41, 5.74) is 1.32. The summed E-state index contributed by atoms with van der Waals surface area (Å²) in [7, 11) is 3.06. The maximum atomic E-state index is 10.5. The Morgan fingerprint density at radius 3 is 2.50 bits per heavy atom. The van der Waals surface area contributed by atoms with Gasteiger partial charge in [0.1, 0.15) is 6.29 Å². The Kier molecular flexibility index (Phi) is 4.38. The molecule has 0 heterocycles. The monoisotopic (exact) mass is 240 g/mol. The van der Waals surface area contributed by atoms with Gasteiger partial charge < -0.3 is 9.47 Å². The normalized spacial score (nSPS) is 11.1. The summed E-state index contributed by atoms with van der Waals surface area (Å²) in [6.45, 7) is 1.71. The van der Waals surface area contributed by atoms with Gasteiger partial charge in [-0.3, -0.25) is 4.79 Å². The van der Waals surface area contributed by atoms with Gasteiger partial charge in [0.15, 0.2) is 11.5 Å². The fourth-order valence-electron chi connectivity index (χ4n) is 1.30. The first-order valence-corrected chi connectivity index (χ1v) is 5.05. The predicted octanol–water partition coefficient (Wildman–Crippen LogP) is 2.96. The van der Waals surface area contributed by atoms with Gasteiger partial charge >= 0.3 is 0 Å². The number of methoxy groups -OCH3 is 2. The lowest BCUT2D eigenvalue weighted by atomic mass is 10.1. The average Bonchev–Trinajstić information content (AvgIpc) is 2.31. The van der Waals surface area contributed by atoms with Crippen LogP contribution in [-0.2, 0) is 4.79 Å². The summed E-state index contributed by atoms with van der Waals surface area (Å²) in [5.74, 6) is 1.03. The van der Waals surface area contributed by atoms with E-state index < -0.39 is 0 Å². The Morgan fingerprint density at radius 1 is 1.31 bits per heavy atom. The second kappa shape index (κ2) is 5.56. The third kappa shape index (κ3) is 2.55. The molecule has 0 N–H and O–H groups in total. The highest BCUT2D eigenvalue weighted by atomic mass is 35.5. The summed E-state index contributed by atoms with van der Waals surface area (Å²) in [6, 6.07) is 3.52. The standard InChI is InChI=1S/C12H13ClO3/c1-8(7-14)6-9-4-5-10(15-2)12(16-3)11(9)13/h4-7H,1-3H3. The van der Waals surface area contributed by atoms with Crippen LogP contribution >= 0.6 is 11.6 Å². The second-order valence-electron chi connectivity index (χ2n) is 3.21. The first-order chi connectivity index (χ1) is 7.63. The van der Waals surface area contributed by atoms with Gasteiger partial charge in [-0.15, -0.1) is 0 Å². The van der Waals surface area contributed by atoms with Gasteiger partial charge in [0, 0.05) is 0 Å². The van der Waals surface area contributed by atoms with Crippen molar-refractivity contribution in [1.82, 2.24) is 0 Å². The molecule has 0 amide bonds. The first kappa shape index (κ1) is 12.6. The molecule has 1 aromatic rings. The topological polar surface area (TPSA) is 35.5 Å². The average molecular weight is 241 g/mol. The van der Waals surface area contributed by atoms with E-state index in [-0.39, 0.29) is 0 Å². The second-order valence-corrected chi connectivity index (χ2v) is 3.59. The van der Waals surface area contributed by atoms with Gasteiger partial charge in [-0.25, -0.2) is 0 Å². The maximum Gasteiger partial charge on any atom is 0.179 e. The smallest absolute Gasteiger partial charge is 0.179 e. The van der Waals surface area contributed by atoms with Crippen molar-refractivity contribution >= 4 is 24.0 Å². The van der Waals surface area contributed by atoms with Crippen LogP contribution < -0.4 is 9.47 Å². The molecule has 0 bridgehead atoms. The number of hydrogen-bond acceptors (Lipinski definition) is 3. The van der Waals surface area contributed by atoms with Crippen molar-refractivity contribution < 1.29 is 14.3 Å². The van der Waals surface area contributed by atoms with Crippen molar-refractivity contribution in [1.29, 1.82) is 0 Å².